The molecule has 1 N–H and O–H groups in total. The Morgan fingerprint density at radius 1 is 1.09 bits per heavy atom. The Labute approximate surface area is 191 Å². The molecule has 3 aromatic rings. The van der Waals surface area contributed by atoms with E-state index in [4.69, 9.17) is 14.5 Å². The first-order valence-corrected chi connectivity index (χ1v) is 11.5. The zero-order chi connectivity index (χ0) is 22.5. The molecule has 0 atom stereocenters. The summed E-state index contributed by atoms with van der Waals surface area (Å²) in [7, 11) is 4.95. The Morgan fingerprint density at radius 2 is 1.84 bits per heavy atom. The minimum absolute atomic E-state index is 0.250. The molecular formula is C23H27N5O3S. The van der Waals surface area contributed by atoms with Crippen LogP contribution in [0.15, 0.2) is 41.4 Å². The molecule has 0 aliphatic heterocycles. The van der Waals surface area contributed by atoms with Gasteiger partial charge in [-0.05, 0) is 31.0 Å². The Morgan fingerprint density at radius 3 is 2.53 bits per heavy atom. The van der Waals surface area contributed by atoms with Gasteiger partial charge in [0.15, 0.2) is 0 Å². The fourth-order valence-corrected chi connectivity index (χ4v) is 4.66. The second-order valence-electron chi connectivity index (χ2n) is 7.68. The van der Waals surface area contributed by atoms with E-state index in [1.165, 1.54) is 33.5 Å². The number of hydrogen-bond donors (Lipinski definition) is 1. The summed E-state index contributed by atoms with van der Waals surface area (Å²) in [5.41, 5.74) is 1.96. The number of pyridine rings is 1. The molecule has 1 saturated carbocycles. The standard InChI is InChI=1S/C23H27N5O3S/c1-28-23(24-17-7-5-4-6-8-17)32-22(27-28)16-11-9-15(10-12-16)20(29)25-18-13-14-19(30-2)26-21(18)31-3/h9-14,17H,4-8H2,1-3H3,(H,25,29). The molecule has 1 amide bonds. The summed E-state index contributed by atoms with van der Waals surface area (Å²) in [4.78, 5) is 22.7. The average Bonchev–Trinajstić information content (AvgIpc) is 3.20. The molecule has 0 saturated heterocycles. The van der Waals surface area contributed by atoms with Crippen LogP contribution in [0.2, 0.25) is 0 Å². The van der Waals surface area contributed by atoms with Crippen LogP contribution in [-0.4, -0.2) is 40.9 Å². The van der Waals surface area contributed by atoms with Crippen molar-refractivity contribution < 1.29 is 14.3 Å². The van der Waals surface area contributed by atoms with Crippen molar-refractivity contribution in [1.29, 1.82) is 0 Å². The summed E-state index contributed by atoms with van der Waals surface area (Å²) in [5, 5.41) is 8.35. The molecule has 8 nitrogen and oxygen atoms in total. The SMILES string of the molecule is COc1ccc(NC(=O)c2ccc(-c3nn(C)c(=NC4CCCCC4)s3)cc2)c(OC)n1. The number of rotatable bonds is 6. The van der Waals surface area contributed by atoms with E-state index < -0.39 is 0 Å². The first-order chi connectivity index (χ1) is 15.6. The highest BCUT2D eigenvalue weighted by atomic mass is 32.1. The number of hydrogen-bond acceptors (Lipinski definition) is 7. The topological polar surface area (TPSA) is 90.6 Å². The van der Waals surface area contributed by atoms with E-state index >= 15 is 0 Å². The normalized spacial score (nSPS) is 14.9. The Balaban J connectivity index is 1.49. The maximum atomic E-state index is 12.7. The lowest BCUT2D eigenvalue weighted by Gasteiger charge is -2.16. The molecule has 9 heteroatoms. The molecule has 0 radical (unpaired) electrons. The lowest BCUT2D eigenvalue weighted by molar-refractivity contribution is 0.102. The quantitative estimate of drug-likeness (QED) is 0.608. The predicted molar refractivity (Wildman–Crippen MR) is 124 cm³/mol. The molecule has 1 aromatic carbocycles. The van der Waals surface area contributed by atoms with Crippen LogP contribution in [-0.2, 0) is 7.05 Å². The van der Waals surface area contributed by atoms with Crippen LogP contribution in [0.1, 0.15) is 42.5 Å². The molecular weight excluding hydrogens is 426 g/mol. The van der Waals surface area contributed by atoms with Gasteiger partial charge >= 0.3 is 0 Å². The fourth-order valence-electron chi connectivity index (χ4n) is 3.69. The molecule has 32 heavy (non-hydrogen) atoms. The van der Waals surface area contributed by atoms with Crippen LogP contribution < -0.4 is 19.6 Å². The van der Waals surface area contributed by atoms with Crippen LogP contribution in [0, 0.1) is 0 Å². The number of nitrogens with zero attached hydrogens (tertiary/aromatic N) is 4. The van der Waals surface area contributed by atoms with Gasteiger partial charge in [0.25, 0.3) is 5.91 Å². The Kier molecular flexibility index (Phi) is 6.84. The highest BCUT2D eigenvalue weighted by molar-refractivity contribution is 7.12. The highest BCUT2D eigenvalue weighted by Crippen LogP contribution is 2.26. The van der Waals surface area contributed by atoms with Gasteiger partial charge in [-0.1, -0.05) is 42.7 Å². The molecule has 2 aromatic heterocycles. The minimum atomic E-state index is -0.250. The third-order valence-corrected chi connectivity index (χ3v) is 6.52. The summed E-state index contributed by atoms with van der Waals surface area (Å²) in [6.45, 7) is 0. The van der Waals surface area contributed by atoms with E-state index in [0.717, 1.165) is 28.2 Å². The number of ether oxygens (including phenoxy) is 2. The van der Waals surface area contributed by atoms with E-state index in [2.05, 4.69) is 15.4 Å². The van der Waals surface area contributed by atoms with Gasteiger partial charge < -0.3 is 14.8 Å². The van der Waals surface area contributed by atoms with Crippen molar-refractivity contribution in [3.05, 3.63) is 46.8 Å². The molecule has 4 rings (SSSR count). The Bertz CT molecular complexity index is 1150. The number of nitrogens with one attached hydrogen (secondary N) is 1. The van der Waals surface area contributed by atoms with Gasteiger partial charge in [0.05, 0.1) is 20.3 Å². The van der Waals surface area contributed by atoms with E-state index in [1.807, 2.05) is 23.9 Å². The molecule has 0 unspecified atom stereocenters. The summed E-state index contributed by atoms with van der Waals surface area (Å²) < 4.78 is 12.2. The number of aromatic nitrogens is 3. The minimum Gasteiger partial charge on any atom is -0.481 e. The van der Waals surface area contributed by atoms with Crippen LogP contribution in [0.25, 0.3) is 10.6 Å². The van der Waals surface area contributed by atoms with Gasteiger partial charge in [-0.2, -0.15) is 10.1 Å². The number of carbonyl (C=O) groups excluding carboxylic acids is 1. The number of benzene rings is 1. The lowest BCUT2D eigenvalue weighted by Crippen LogP contribution is -2.18. The maximum Gasteiger partial charge on any atom is 0.255 e. The molecule has 1 aliphatic carbocycles. The van der Waals surface area contributed by atoms with Gasteiger partial charge in [-0.25, -0.2) is 4.68 Å². The Hall–Kier alpha value is -3.20. The zero-order valence-corrected chi connectivity index (χ0v) is 19.3. The van der Waals surface area contributed by atoms with Crippen molar-refractivity contribution in [2.24, 2.45) is 12.0 Å². The molecule has 2 heterocycles. The van der Waals surface area contributed by atoms with Crippen molar-refractivity contribution in [1.82, 2.24) is 14.8 Å². The van der Waals surface area contributed by atoms with E-state index in [1.54, 1.807) is 35.6 Å². The molecule has 0 bridgehead atoms. The molecule has 0 spiro atoms. The van der Waals surface area contributed by atoms with Gasteiger partial charge in [-0.3, -0.25) is 9.79 Å². The monoisotopic (exact) mass is 453 g/mol. The summed E-state index contributed by atoms with van der Waals surface area (Å²) in [6, 6.07) is 11.1. The van der Waals surface area contributed by atoms with E-state index in [-0.39, 0.29) is 5.91 Å². The lowest BCUT2D eigenvalue weighted by atomic mass is 9.96. The van der Waals surface area contributed by atoms with Gasteiger partial charge in [-0.15, -0.1) is 0 Å². The second kappa shape index (κ2) is 9.95. The third kappa shape index (κ3) is 4.99. The highest BCUT2D eigenvalue weighted by Gasteiger charge is 2.15. The second-order valence-corrected chi connectivity index (χ2v) is 8.63. The van der Waals surface area contributed by atoms with Crippen LogP contribution in [0.5, 0.6) is 11.8 Å². The van der Waals surface area contributed by atoms with Crippen LogP contribution in [0.4, 0.5) is 5.69 Å². The van der Waals surface area contributed by atoms with Gasteiger partial charge in [0, 0.05) is 24.2 Å². The molecule has 168 valence electrons. The van der Waals surface area contributed by atoms with E-state index in [9.17, 15) is 4.79 Å². The summed E-state index contributed by atoms with van der Waals surface area (Å²) in [5.74, 6) is 0.453. The predicted octanol–water partition coefficient (Wildman–Crippen LogP) is 4.05. The maximum absolute atomic E-state index is 12.7. The van der Waals surface area contributed by atoms with Crippen molar-refractivity contribution in [3.63, 3.8) is 0 Å². The fraction of sp³-hybridized carbons (Fsp3) is 0.391. The van der Waals surface area contributed by atoms with Crippen LogP contribution >= 0.6 is 11.3 Å². The van der Waals surface area contributed by atoms with Gasteiger partial charge in [0.2, 0.25) is 16.6 Å². The number of anilines is 1. The van der Waals surface area contributed by atoms with Crippen molar-refractivity contribution in [2.45, 2.75) is 38.1 Å². The van der Waals surface area contributed by atoms with Gasteiger partial charge in [0.1, 0.15) is 10.7 Å². The largest absolute Gasteiger partial charge is 0.481 e. The first-order valence-electron chi connectivity index (χ1n) is 10.7. The van der Waals surface area contributed by atoms with Crippen LogP contribution in [0.3, 0.4) is 0 Å². The summed E-state index contributed by atoms with van der Waals surface area (Å²) in [6.07, 6.45) is 6.14. The molecule has 1 fully saturated rings. The summed E-state index contributed by atoms with van der Waals surface area (Å²) >= 11 is 1.58. The number of amides is 1. The van der Waals surface area contributed by atoms with Crippen molar-refractivity contribution in [2.75, 3.05) is 19.5 Å². The van der Waals surface area contributed by atoms with Crippen molar-refractivity contribution >= 4 is 22.9 Å². The smallest absolute Gasteiger partial charge is 0.255 e. The first kappa shape index (κ1) is 22.0. The third-order valence-electron chi connectivity index (χ3n) is 5.45. The number of aryl methyl sites for hydroxylation is 1. The molecule has 1 aliphatic rings. The zero-order valence-electron chi connectivity index (χ0n) is 18.5. The van der Waals surface area contributed by atoms with Crippen molar-refractivity contribution in [3.8, 4) is 22.3 Å². The average molecular weight is 454 g/mol. The van der Waals surface area contributed by atoms with E-state index in [0.29, 0.717) is 29.1 Å². The number of carbonyl (C=O) groups is 1. The number of methoxy groups -OCH3 is 2.